The molecule has 1 N–H and O–H groups in total. The van der Waals surface area contributed by atoms with Gasteiger partial charge in [0, 0.05) is 17.8 Å². The highest BCUT2D eigenvalue weighted by Crippen LogP contribution is 2.15. The first-order chi connectivity index (χ1) is 10.6. The van der Waals surface area contributed by atoms with Crippen molar-refractivity contribution in [1.82, 2.24) is 20.5 Å². The molecule has 0 aliphatic heterocycles. The number of carbonyl (C=O) groups excluding carboxylic acids is 1. The SMILES string of the molecule is Cc1ccc2nnc(C(=O)N[C@@H](C)c3ccncc3)cc2c1. The quantitative estimate of drug-likeness (QED) is 0.806. The maximum absolute atomic E-state index is 12.3. The molecule has 5 heteroatoms. The second-order valence-corrected chi connectivity index (χ2v) is 5.27. The lowest BCUT2D eigenvalue weighted by Gasteiger charge is -2.13. The van der Waals surface area contributed by atoms with Crippen LogP contribution in [0.3, 0.4) is 0 Å². The molecule has 0 radical (unpaired) electrons. The summed E-state index contributed by atoms with van der Waals surface area (Å²) in [5.41, 5.74) is 3.22. The van der Waals surface area contributed by atoms with Gasteiger partial charge in [0.1, 0.15) is 0 Å². The number of pyridine rings is 1. The molecule has 22 heavy (non-hydrogen) atoms. The van der Waals surface area contributed by atoms with Crippen molar-refractivity contribution in [3.8, 4) is 0 Å². The molecular weight excluding hydrogens is 276 g/mol. The van der Waals surface area contributed by atoms with Gasteiger partial charge >= 0.3 is 0 Å². The molecule has 1 atom stereocenters. The fourth-order valence-electron chi connectivity index (χ4n) is 2.28. The van der Waals surface area contributed by atoms with Gasteiger partial charge in [-0.2, -0.15) is 0 Å². The number of nitrogens with zero attached hydrogens (tertiary/aromatic N) is 3. The minimum atomic E-state index is -0.236. The van der Waals surface area contributed by atoms with Crippen LogP contribution in [0.4, 0.5) is 0 Å². The van der Waals surface area contributed by atoms with E-state index in [1.165, 1.54) is 0 Å². The van der Waals surface area contributed by atoms with Gasteiger partial charge in [-0.1, -0.05) is 11.6 Å². The molecule has 3 rings (SSSR count). The molecule has 0 spiro atoms. The molecular formula is C17H16N4O. The van der Waals surface area contributed by atoms with E-state index >= 15 is 0 Å². The zero-order valence-corrected chi connectivity index (χ0v) is 12.4. The first-order valence-electron chi connectivity index (χ1n) is 7.08. The number of benzene rings is 1. The summed E-state index contributed by atoms with van der Waals surface area (Å²) in [6, 6.07) is 11.3. The van der Waals surface area contributed by atoms with Crippen molar-refractivity contribution in [3.63, 3.8) is 0 Å². The molecule has 0 bridgehead atoms. The van der Waals surface area contributed by atoms with Gasteiger partial charge < -0.3 is 5.32 Å². The molecule has 0 unspecified atom stereocenters. The van der Waals surface area contributed by atoms with Gasteiger partial charge in [-0.05, 0) is 49.7 Å². The number of hydrogen-bond acceptors (Lipinski definition) is 4. The molecule has 2 heterocycles. The number of carbonyl (C=O) groups is 1. The minimum absolute atomic E-state index is 0.120. The number of amides is 1. The number of fused-ring (bicyclic) bond motifs is 1. The van der Waals surface area contributed by atoms with Gasteiger partial charge in [-0.15, -0.1) is 10.2 Å². The van der Waals surface area contributed by atoms with Crippen molar-refractivity contribution < 1.29 is 4.79 Å². The summed E-state index contributed by atoms with van der Waals surface area (Å²) >= 11 is 0. The van der Waals surface area contributed by atoms with Gasteiger partial charge in [0.15, 0.2) is 5.69 Å². The Labute approximate surface area is 128 Å². The normalized spacial score (nSPS) is 12.1. The van der Waals surface area contributed by atoms with E-state index in [1.807, 2.05) is 44.2 Å². The highest BCUT2D eigenvalue weighted by molar-refractivity contribution is 5.95. The lowest BCUT2D eigenvalue weighted by atomic mass is 10.1. The van der Waals surface area contributed by atoms with Gasteiger partial charge in [-0.25, -0.2) is 0 Å². The first kappa shape index (κ1) is 14.1. The zero-order chi connectivity index (χ0) is 15.5. The number of nitrogens with one attached hydrogen (secondary N) is 1. The largest absolute Gasteiger partial charge is 0.344 e. The third kappa shape index (κ3) is 2.93. The van der Waals surface area contributed by atoms with Crippen LogP contribution in [0.15, 0.2) is 48.8 Å². The van der Waals surface area contributed by atoms with E-state index in [-0.39, 0.29) is 11.9 Å². The molecule has 1 amide bonds. The van der Waals surface area contributed by atoms with Crippen LogP contribution < -0.4 is 5.32 Å². The molecule has 0 saturated carbocycles. The Balaban J connectivity index is 1.83. The number of rotatable bonds is 3. The molecule has 3 aromatic rings. The van der Waals surface area contributed by atoms with Crippen LogP contribution in [0.25, 0.3) is 10.9 Å². The summed E-state index contributed by atoms with van der Waals surface area (Å²) in [6.45, 7) is 3.93. The van der Waals surface area contributed by atoms with Crippen LogP contribution in [0.2, 0.25) is 0 Å². The van der Waals surface area contributed by atoms with E-state index in [0.29, 0.717) is 5.69 Å². The van der Waals surface area contributed by atoms with Crippen LogP contribution in [-0.2, 0) is 0 Å². The number of hydrogen-bond donors (Lipinski definition) is 1. The summed E-state index contributed by atoms with van der Waals surface area (Å²) in [7, 11) is 0. The summed E-state index contributed by atoms with van der Waals surface area (Å²) in [5, 5.41) is 11.9. The van der Waals surface area contributed by atoms with Crippen molar-refractivity contribution in [2.75, 3.05) is 0 Å². The maximum Gasteiger partial charge on any atom is 0.272 e. The standard InChI is InChI=1S/C17H16N4O/c1-11-3-4-15-14(9-11)10-16(21-20-15)17(22)19-12(2)13-5-7-18-8-6-13/h3-10,12H,1-2H3,(H,19,22)/t12-/m0/s1. The average Bonchev–Trinajstić information content (AvgIpc) is 2.54. The van der Waals surface area contributed by atoms with Crippen molar-refractivity contribution in [2.24, 2.45) is 0 Å². The topological polar surface area (TPSA) is 67.8 Å². The molecule has 0 aliphatic carbocycles. The first-order valence-corrected chi connectivity index (χ1v) is 7.08. The summed E-state index contributed by atoms with van der Waals surface area (Å²) in [5.74, 6) is -0.236. The molecule has 5 nitrogen and oxygen atoms in total. The average molecular weight is 292 g/mol. The second-order valence-electron chi connectivity index (χ2n) is 5.27. The van der Waals surface area contributed by atoms with Crippen LogP contribution >= 0.6 is 0 Å². The Morgan fingerprint density at radius 3 is 2.64 bits per heavy atom. The van der Waals surface area contributed by atoms with E-state index in [0.717, 1.165) is 22.0 Å². The lowest BCUT2D eigenvalue weighted by molar-refractivity contribution is 0.0934. The van der Waals surface area contributed by atoms with Gasteiger partial charge in [0.2, 0.25) is 0 Å². The fourth-order valence-corrected chi connectivity index (χ4v) is 2.28. The highest BCUT2D eigenvalue weighted by atomic mass is 16.2. The monoisotopic (exact) mass is 292 g/mol. The van der Waals surface area contributed by atoms with Gasteiger partial charge in [0.25, 0.3) is 5.91 Å². The second kappa shape index (κ2) is 5.89. The third-order valence-corrected chi connectivity index (χ3v) is 3.53. The Hall–Kier alpha value is -2.82. The third-order valence-electron chi connectivity index (χ3n) is 3.53. The lowest BCUT2D eigenvalue weighted by Crippen LogP contribution is -2.27. The van der Waals surface area contributed by atoms with Crippen molar-refractivity contribution in [1.29, 1.82) is 0 Å². The smallest absolute Gasteiger partial charge is 0.272 e. The number of aromatic nitrogens is 3. The maximum atomic E-state index is 12.3. The van der Waals surface area contributed by atoms with Crippen molar-refractivity contribution >= 4 is 16.8 Å². The van der Waals surface area contributed by atoms with Crippen LogP contribution in [0.5, 0.6) is 0 Å². The minimum Gasteiger partial charge on any atom is -0.344 e. The Kier molecular flexibility index (Phi) is 3.78. The molecule has 2 aromatic heterocycles. The Bertz CT molecular complexity index is 817. The Morgan fingerprint density at radius 2 is 1.86 bits per heavy atom. The summed E-state index contributed by atoms with van der Waals surface area (Å²) in [6.07, 6.45) is 3.41. The molecule has 0 saturated heterocycles. The van der Waals surface area contributed by atoms with E-state index in [2.05, 4.69) is 20.5 Å². The van der Waals surface area contributed by atoms with E-state index in [1.54, 1.807) is 18.5 Å². The Morgan fingerprint density at radius 1 is 1.09 bits per heavy atom. The molecule has 0 fully saturated rings. The molecule has 1 aromatic carbocycles. The van der Waals surface area contributed by atoms with Crippen molar-refractivity contribution in [2.45, 2.75) is 19.9 Å². The molecule has 0 aliphatic rings. The van der Waals surface area contributed by atoms with E-state index in [4.69, 9.17) is 0 Å². The van der Waals surface area contributed by atoms with Crippen LogP contribution in [-0.4, -0.2) is 21.1 Å². The van der Waals surface area contributed by atoms with Crippen LogP contribution in [0.1, 0.15) is 34.6 Å². The van der Waals surface area contributed by atoms with E-state index in [9.17, 15) is 4.79 Å². The highest BCUT2D eigenvalue weighted by Gasteiger charge is 2.13. The van der Waals surface area contributed by atoms with Gasteiger partial charge in [0.05, 0.1) is 11.6 Å². The predicted octanol–water partition coefficient (Wildman–Crippen LogP) is 2.82. The number of aryl methyl sites for hydroxylation is 1. The van der Waals surface area contributed by atoms with Gasteiger partial charge in [-0.3, -0.25) is 9.78 Å². The van der Waals surface area contributed by atoms with E-state index < -0.39 is 0 Å². The predicted molar refractivity (Wildman–Crippen MR) is 84.4 cm³/mol. The van der Waals surface area contributed by atoms with Crippen molar-refractivity contribution in [3.05, 3.63) is 65.6 Å². The fraction of sp³-hybridized carbons (Fsp3) is 0.176. The summed E-state index contributed by atoms with van der Waals surface area (Å²) < 4.78 is 0. The zero-order valence-electron chi connectivity index (χ0n) is 12.4. The van der Waals surface area contributed by atoms with Crippen LogP contribution in [0, 0.1) is 6.92 Å². The molecule has 110 valence electrons. The summed E-state index contributed by atoms with van der Waals surface area (Å²) in [4.78, 5) is 16.3.